The first-order chi connectivity index (χ1) is 21.4. The van der Waals surface area contributed by atoms with Crippen LogP contribution in [0.3, 0.4) is 0 Å². The van der Waals surface area contributed by atoms with Crippen molar-refractivity contribution < 1.29 is 45.3 Å². The van der Waals surface area contributed by atoms with Crippen LogP contribution in [-0.4, -0.2) is 24.2 Å². The molecule has 1 fully saturated rings. The Labute approximate surface area is 256 Å². The molecule has 0 saturated carbocycles. The summed E-state index contributed by atoms with van der Waals surface area (Å²) >= 11 is 0. The fraction of sp³-hybridized carbons (Fsp3) is 0.265. The Hall–Kier alpha value is -4.35. The second-order valence-electron chi connectivity index (χ2n) is 10.7. The Kier molecular flexibility index (Phi) is 9.22. The highest BCUT2D eigenvalue weighted by molar-refractivity contribution is 5.70. The number of alkyl halides is 6. The van der Waals surface area contributed by atoms with E-state index in [2.05, 4.69) is 0 Å². The van der Waals surface area contributed by atoms with E-state index < -0.39 is 47.4 Å². The Morgan fingerprint density at radius 2 is 1.38 bits per heavy atom. The summed E-state index contributed by atoms with van der Waals surface area (Å²) < 4.78 is 99.4. The first-order valence-electron chi connectivity index (χ1n) is 14.0. The number of amides is 1. The summed E-state index contributed by atoms with van der Waals surface area (Å²) in [5.41, 5.74) is -2.63. The normalized spacial score (nSPS) is 19.4. The number of benzene rings is 4. The molecular weight excluding hydrogens is 600 g/mol. The lowest BCUT2D eigenvalue weighted by Gasteiger charge is -2.39. The predicted molar refractivity (Wildman–Crippen MR) is 153 cm³/mol. The van der Waals surface area contributed by atoms with Gasteiger partial charge in [0.2, 0.25) is 0 Å². The van der Waals surface area contributed by atoms with E-state index in [1.165, 1.54) is 11.8 Å². The molecule has 0 aromatic heterocycles. The molecule has 11 heteroatoms. The van der Waals surface area contributed by atoms with Crippen molar-refractivity contribution in [2.45, 2.75) is 43.8 Å². The van der Waals surface area contributed by atoms with E-state index in [4.69, 9.17) is 14.2 Å². The van der Waals surface area contributed by atoms with Crippen LogP contribution >= 0.6 is 0 Å². The van der Waals surface area contributed by atoms with E-state index in [1.807, 2.05) is 6.07 Å². The topological polar surface area (TPSA) is 48.0 Å². The van der Waals surface area contributed by atoms with Crippen molar-refractivity contribution >= 4 is 6.09 Å². The zero-order valence-electron chi connectivity index (χ0n) is 24.0. The second-order valence-corrected chi connectivity index (χ2v) is 10.7. The largest absolute Gasteiger partial charge is 0.444 e. The van der Waals surface area contributed by atoms with E-state index in [-0.39, 0.29) is 31.5 Å². The molecule has 45 heavy (non-hydrogen) atoms. The molecule has 0 aliphatic carbocycles. The van der Waals surface area contributed by atoms with Crippen LogP contribution in [0.5, 0.6) is 0 Å². The van der Waals surface area contributed by atoms with Crippen molar-refractivity contribution in [1.82, 2.24) is 4.90 Å². The predicted octanol–water partition coefficient (Wildman–Crippen LogP) is 9.07. The van der Waals surface area contributed by atoms with Gasteiger partial charge < -0.3 is 14.2 Å². The Morgan fingerprint density at radius 1 is 0.844 bits per heavy atom. The van der Waals surface area contributed by atoms with Crippen LogP contribution in [0.2, 0.25) is 0 Å². The lowest BCUT2D eigenvalue weighted by molar-refractivity contribution is -0.143. The van der Waals surface area contributed by atoms with Crippen LogP contribution in [0.15, 0.2) is 109 Å². The number of nitrogens with zero attached hydrogens (tertiary/aromatic N) is 1. The van der Waals surface area contributed by atoms with E-state index in [9.17, 15) is 31.1 Å². The van der Waals surface area contributed by atoms with Gasteiger partial charge in [-0.1, -0.05) is 91.0 Å². The summed E-state index contributed by atoms with van der Waals surface area (Å²) in [7, 11) is 0. The van der Waals surface area contributed by atoms with Gasteiger partial charge in [-0.2, -0.15) is 26.3 Å². The molecule has 0 radical (unpaired) electrons. The average molecular weight is 630 g/mol. The molecule has 1 aliphatic heterocycles. The molecule has 1 saturated heterocycles. The zero-order chi connectivity index (χ0) is 32.2. The van der Waals surface area contributed by atoms with Gasteiger partial charge in [-0.25, -0.2) is 4.79 Å². The molecule has 0 N–H and O–H groups in total. The van der Waals surface area contributed by atoms with E-state index >= 15 is 0 Å². The summed E-state index contributed by atoms with van der Waals surface area (Å²) in [4.78, 5) is 15.3. The highest BCUT2D eigenvalue weighted by atomic mass is 19.4. The number of halogens is 6. The van der Waals surface area contributed by atoms with Gasteiger partial charge in [-0.3, -0.25) is 4.90 Å². The number of carbonyl (C=O) groups excluding carboxylic acids is 1. The van der Waals surface area contributed by atoms with Gasteiger partial charge in [-0.15, -0.1) is 0 Å². The number of rotatable bonds is 8. The van der Waals surface area contributed by atoms with Crippen LogP contribution < -0.4 is 0 Å². The van der Waals surface area contributed by atoms with Gasteiger partial charge in [0.1, 0.15) is 12.1 Å². The maximum absolute atomic E-state index is 13.9. The van der Waals surface area contributed by atoms with Gasteiger partial charge in [0, 0.05) is 5.56 Å². The fourth-order valence-electron chi connectivity index (χ4n) is 5.25. The van der Waals surface area contributed by atoms with Crippen molar-refractivity contribution in [3.63, 3.8) is 0 Å². The minimum atomic E-state index is -5.01. The van der Waals surface area contributed by atoms with Crippen LogP contribution in [0, 0.1) is 0 Å². The van der Waals surface area contributed by atoms with Crippen molar-refractivity contribution in [3.05, 3.63) is 143 Å². The fourth-order valence-corrected chi connectivity index (χ4v) is 5.25. The first kappa shape index (κ1) is 32.1. The minimum Gasteiger partial charge on any atom is -0.444 e. The van der Waals surface area contributed by atoms with Gasteiger partial charge in [0.15, 0.2) is 6.23 Å². The molecule has 0 unspecified atom stereocenters. The quantitative estimate of drug-likeness (QED) is 0.183. The Morgan fingerprint density at radius 3 is 1.93 bits per heavy atom. The Bertz CT molecular complexity index is 1550. The van der Waals surface area contributed by atoms with Gasteiger partial charge in [0.05, 0.1) is 30.4 Å². The highest BCUT2D eigenvalue weighted by Gasteiger charge is 2.53. The highest BCUT2D eigenvalue weighted by Crippen LogP contribution is 2.45. The van der Waals surface area contributed by atoms with E-state index in [1.54, 1.807) is 84.9 Å². The van der Waals surface area contributed by atoms with Crippen LogP contribution in [0.4, 0.5) is 31.1 Å². The number of ether oxygens (including phenoxy) is 3. The van der Waals surface area contributed by atoms with Gasteiger partial charge in [0.25, 0.3) is 0 Å². The molecule has 236 valence electrons. The molecule has 5 nitrogen and oxygen atoms in total. The average Bonchev–Trinajstić information content (AvgIpc) is 3.43. The molecule has 4 aromatic carbocycles. The molecular formula is C34H29F6NO4. The molecule has 4 aromatic rings. The number of carbonyl (C=O) groups is 1. The van der Waals surface area contributed by atoms with E-state index in [0.29, 0.717) is 23.3 Å². The number of hydrogen-bond donors (Lipinski definition) is 0. The van der Waals surface area contributed by atoms with Crippen molar-refractivity contribution in [2.24, 2.45) is 0 Å². The third kappa shape index (κ3) is 7.15. The minimum absolute atomic E-state index is 0.0513. The van der Waals surface area contributed by atoms with Crippen molar-refractivity contribution in [3.8, 4) is 0 Å². The number of hydrogen-bond acceptors (Lipinski definition) is 4. The maximum Gasteiger partial charge on any atom is 0.416 e. The molecule has 0 bridgehead atoms. The maximum atomic E-state index is 13.9. The van der Waals surface area contributed by atoms with Crippen LogP contribution in [0.1, 0.15) is 52.6 Å². The lowest BCUT2D eigenvalue weighted by atomic mass is 9.90. The smallest absolute Gasteiger partial charge is 0.416 e. The third-order valence-electron chi connectivity index (χ3n) is 7.62. The van der Waals surface area contributed by atoms with Gasteiger partial charge >= 0.3 is 18.4 Å². The van der Waals surface area contributed by atoms with Crippen molar-refractivity contribution in [1.29, 1.82) is 0 Å². The molecule has 1 amide bonds. The summed E-state index contributed by atoms with van der Waals surface area (Å²) in [6.07, 6.45) is -12.9. The molecule has 1 heterocycles. The summed E-state index contributed by atoms with van der Waals surface area (Å²) in [5.74, 6) is 0. The van der Waals surface area contributed by atoms with Gasteiger partial charge in [-0.05, 0) is 41.8 Å². The standard InChI is InChI=1S/C34H29F6NO4/c1-23(26-17-28(33(35,36)37)19-29(18-26)34(38,39)40)44-21-32(27-15-9-4-10-16-27)22-45-30(25-13-7-3-8-14-25)41(32)31(42)43-20-24-11-5-2-6-12-24/h2-19,23,30H,20-22H2,1H3/t23-,30-,32+/m1/s1. The van der Waals surface area contributed by atoms with E-state index in [0.717, 1.165) is 5.56 Å². The molecule has 3 atom stereocenters. The summed E-state index contributed by atoms with van der Waals surface area (Å²) in [6.45, 7) is 0.876. The SMILES string of the molecule is C[C@@H](OC[C@@]1(c2ccccc2)CO[C@H](c2ccccc2)N1C(=O)OCc1ccccc1)c1cc(C(F)(F)F)cc(C(F)(F)F)c1. The molecule has 1 aliphatic rings. The first-order valence-corrected chi connectivity index (χ1v) is 14.0. The zero-order valence-corrected chi connectivity index (χ0v) is 24.0. The Balaban J connectivity index is 1.52. The summed E-state index contributed by atoms with van der Waals surface area (Å²) in [5, 5.41) is 0. The molecule has 5 rings (SSSR count). The second kappa shape index (κ2) is 12.9. The molecule has 0 spiro atoms. The third-order valence-corrected chi connectivity index (χ3v) is 7.62. The lowest BCUT2D eigenvalue weighted by Crippen LogP contribution is -2.51. The van der Waals surface area contributed by atoms with Crippen LogP contribution in [-0.2, 0) is 38.7 Å². The van der Waals surface area contributed by atoms with Crippen LogP contribution in [0.25, 0.3) is 0 Å². The monoisotopic (exact) mass is 629 g/mol. The van der Waals surface area contributed by atoms with Crippen molar-refractivity contribution in [2.75, 3.05) is 13.2 Å². The summed E-state index contributed by atoms with van der Waals surface area (Å²) in [6, 6.07) is 28.0.